The summed E-state index contributed by atoms with van der Waals surface area (Å²) >= 11 is 2.27. The second kappa shape index (κ2) is 4.41. The Morgan fingerprint density at radius 1 is 0.857 bits per heavy atom. The molecule has 0 aromatic carbocycles. The molecule has 3 aliphatic rings. The molecular formula is C8H6O2Se4. The Hall–Kier alpha value is 0.898. The van der Waals surface area contributed by atoms with E-state index >= 15 is 0 Å². The number of hydrogen-bond acceptors (Lipinski definition) is 2. The van der Waals surface area contributed by atoms with Crippen molar-refractivity contribution in [3.8, 4) is 0 Å². The summed E-state index contributed by atoms with van der Waals surface area (Å²) in [5.74, 6) is 0. The molecule has 0 unspecified atom stereocenters. The molecule has 0 radical (unpaired) electrons. The van der Waals surface area contributed by atoms with E-state index in [1.807, 2.05) is 0 Å². The minimum atomic E-state index is 0.473. The van der Waals surface area contributed by atoms with Crippen LogP contribution in [0.3, 0.4) is 0 Å². The average Bonchev–Trinajstić information content (AvgIpc) is 2.86. The van der Waals surface area contributed by atoms with Crippen molar-refractivity contribution in [3.63, 3.8) is 0 Å². The van der Waals surface area contributed by atoms with Gasteiger partial charge in [-0.15, -0.1) is 0 Å². The summed E-state index contributed by atoms with van der Waals surface area (Å²) in [5.41, 5.74) is 0. The van der Waals surface area contributed by atoms with Gasteiger partial charge in [-0.2, -0.15) is 0 Å². The van der Waals surface area contributed by atoms with Crippen molar-refractivity contribution in [2.75, 3.05) is 13.2 Å². The van der Waals surface area contributed by atoms with Crippen molar-refractivity contribution >= 4 is 59.8 Å². The Balaban J connectivity index is 1.81. The van der Waals surface area contributed by atoms with Gasteiger partial charge in [-0.05, 0) is 0 Å². The number of ether oxygens (including phenoxy) is 2. The molecule has 2 nitrogen and oxygen atoms in total. The zero-order valence-corrected chi connectivity index (χ0v) is 13.9. The molecule has 0 N–H and O–H groups in total. The van der Waals surface area contributed by atoms with Crippen LogP contribution in [0.5, 0.6) is 0 Å². The van der Waals surface area contributed by atoms with E-state index in [2.05, 4.69) is 9.95 Å². The molecule has 0 aromatic heterocycles. The van der Waals surface area contributed by atoms with Crippen LogP contribution in [0.4, 0.5) is 0 Å². The minimum absolute atomic E-state index is 0.473. The van der Waals surface area contributed by atoms with Gasteiger partial charge in [0.1, 0.15) is 0 Å². The fourth-order valence-corrected chi connectivity index (χ4v) is 14.7. The SMILES string of the molecule is C1=C[Se]C(=C2[Se]C3=C(OCCO3)[Se]2)[Se]1. The van der Waals surface area contributed by atoms with E-state index in [9.17, 15) is 0 Å². The molecule has 0 fully saturated rings. The normalized spacial score (nSPS) is 25.1. The third-order valence-corrected chi connectivity index (χ3v) is 16.3. The zero-order valence-electron chi connectivity index (χ0n) is 7.02. The summed E-state index contributed by atoms with van der Waals surface area (Å²) in [5, 5.41) is 0. The molecule has 74 valence electrons. The van der Waals surface area contributed by atoms with Crippen LogP contribution < -0.4 is 0 Å². The van der Waals surface area contributed by atoms with Crippen LogP contribution in [0.2, 0.25) is 0 Å². The van der Waals surface area contributed by atoms with E-state index < -0.39 is 0 Å². The Labute approximate surface area is 108 Å². The van der Waals surface area contributed by atoms with Crippen LogP contribution in [0.1, 0.15) is 0 Å². The Bertz CT molecular complexity index is 328. The molecule has 0 atom stereocenters. The van der Waals surface area contributed by atoms with E-state index in [0.29, 0.717) is 59.8 Å². The van der Waals surface area contributed by atoms with Gasteiger partial charge in [0.05, 0.1) is 0 Å². The second-order valence-electron chi connectivity index (χ2n) is 2.56. The zero-order chi connectivity index (χ0) is 9.38. The van der Waals surface area contributed by atoms with Gasteiger partial charge in [0.15, 0.2) is 0 Å². The van der Waals surface area contributed by atoms with Crippen LogP contribution in [0.25, 0.3) is 0 Å². The van der Waals surface area contributed by atoms with Crippen LogP contribution in [-0.2, 0) is 9.47 Å². The van der Waals surface area contributed by atoms with Gasteiger partial charge in [0.2, 0.25) is 0 Å². The molecule has 6 heteroatoms. The van der Waals surface area contributed by atoms with Crippen molar-refractivity contribution < 1.29 is 9.47 Å². The van der Waals surface area contributed by atoms with E-state index in [-0.39, 0.29) is 0 Å². The molecule has 0 aromatic rings. The first kappa shape index (κ1) is 10.1. The summed E-state index contributed by atoms with van der Waals surface area (Å²) < 4.78 is 17.2. The molecule has 0 amide bonds. The van der Waals surface area contributed by atoms with Crippen molar-refractivity contribution in [3.05, 3.63) is 26.0 Å². The molecular weight excluding hydrogens is 444 g/mol. The van der Waals surface area contributed by atoms with Gasteiger partial charge in [-0.25, -0.2) is 0 Å². The van der Waals surface area contributed by atoms with Gasteiger partial charge in [0.25, 0.3) is 0 Å². The summed E-state index contributed by atoms with van der Waals surface area (Å²) in [7, 11) is 0. The van der Waals surface area contributed by atoms with Gasteiger partial charge < -0.3 is 0 Å². The fourth-order valence-electron chi connectivity index (χ4n) is 1.10. The summed E-state index contributed by atoms with van der Waals surface area (Å²) in [6.07, 6.45) is 0. The first-order chi connectivity index (χ1) is 6.93. The molecule has 0 aliphatic carbocycles. The summed E-state index contributed by atoms with van der Waals surface area (Å²) in [6.45, 7) is 1.52. The molecule has 3 aliphatic heterocycles. The van der Waals surface area contributed by atoms with E-state index in [4.69, 9.17) is 9.47 Å². The van der Waals surface area contributed by atoms with E-state index in [0.717, 1.165) is 13.2 Å². The van der Waals surface area contributed by atoms with Crippen LogP contribution in [0.15, 0.2) is 26.0 Å². The Morgan fingerprint density at radius 3 is 2.00 bits per heavy atom. The van der Waals surface area contributed by atoms with Crippen LogP contribution in [0, 0.1) is 0 Å². The van der Waals surface area contributed by atoms with Crippen molar-refractivity contribution in [1.82, 2.24) is 0 Å². The Kier molecular flexibility index (Phi) is 3.17. The molecule has 0 bridgehead atoms. The standard InChI is InChI=1S/C8H6O2Se4/c1-2-10-6-5(9-1)13-8(14-6)7-11-3-4-12-7/h3-4H,1-2H2. The third kappa shape index (κ3) is 1.91. The van der Waals surface area contributed by atoms with Gasteiger partial charge in [-0.1, -0.05) is 0 Å². The second-order valence-corrected chi connectivity index (χ2v) is 13.1. The maximum absolute atomic E-state index is 5.65. The summed E-state index contributed by atoms with van der Waals surface area (Å²) in [4.78, 5) is 4.72. The quantitative estimate of drug-likeness (QED) is 0.469. The fraction of sp³-hybridized carbons (Fsp3) is 0.250. The number of hydrogen-bond donors (Lipinski definition) is 0. The first-order valence-electron chi connectivity index (χ1n) is 4.02. The van der Waals surface area contributed by atoms with Crippen LogP contribution in [-0.4, -0.2) is 73.0 Å². The molecule has 0 saturated carbocycles. The van der Waals surface area contributed by atoms with Crippen LogP contribution >= 0.6 is 0 Å². The molecule has 3 heterocycles. The molecule has 0 spiro atoms. The monoisotopic (exact) mass is 454 g/mol. The van der Waals surface area contributed by atoms with Crippen molar-refractivity contribution in [1.29, 1.82) is 0 Å². The molecule has 3 rings (SSSR count). The average molecular weight is 450 g/mol. The number of rotatable bonds is 0. The van der Waals surface area contributed by atoms with Crippen molar-refractivity contribution in [2.24, 2.45) is 0 Å². The van der Waals surface area contributed by atoms with Gasteiger partial charge in [-0.3, -0.25) is 0 Å². The molecule has 0 saturated heterocycles. The molecule has 14 heavy (non-hydrogen) atoms. The van der Waals surface area contributed by atoms with E-state index in [1.165, 1.54) is 9.32 Å². The maximum atomic E-state index is 5.65. The predicted octanol–water partition coefficient (Wildman–Crippen LogP) is -0.398. The van der Waals surface area contributed by atoms with E-state index in [1.54, 1.807) is 6.74 Å². The third-order valence-electron chi connectivity index (χ3n) is 1.66. The Morgan fingerprint density at radius 2 is 1.43 bits per heavy atom. The first-order valence-corrected chi connectivity index (χ1v) is 11.1. The topological polar surface area (TPSA) is 18.5 Å². The van der Waals surface area contributed by atoms with Crippen molar-refractivity contribution in [2.45, 2.75) is 0 Å². The summed E-state index contributed by atoms with van der Waals surface area (Å²) in [6, 6.07) is 0. The van der Waals surface area contributed by atoms with Gasteiger partial charge >= 0.3 is 109 Å². The predicted molar refractivity (Wildman–Crippen MR) is 58.1 cm³/mol. The van der Waals surface area contributed by atoms with Gasteiger partial charge in [0, 0.05) is 0 Å².